The number of aliphatic hydroxyl groups is 1. The van der Waals surface area contributed by atoms with Gasteiger partial charge in [-0.1, -0.05) is 23.7 Å². The predicted octanol–water partition coefficient (Wildman–Crippen LogP) is 3.95. The van der Waals surface area contributed by atoms with Gasteiger partial charge in [-0.05, 0) is 87.4 Å². The minimum absolute atomic E-state index is 0.0106. The molecule has 0 aliphatic heterocycles. The molecule has 0 aliphatic carbocycles. The van der Waals surface area contributed by atoms with E-state index in [4.69, 9.17) is 28.5 Å². The predicted molar refractivity (Wildman–Crippen MR) is 170 cm³/mol. The van der Waals surface area contributed by atoms with Gasteiger partial charge in [0, 0.05) is 48.4 Å². The highest BCUT2D eigenvalue weighted by atomic mass is 35.5. The Morgan fingerprint density at radius 2 is 1.93 bits per heavy atom. The number of aryl methyl sites for hydroxylation is 1. The van der Waals surface area contributed by atoms with Crippen LogP contribution in [0.4, 0.5) is 4.39 Å². The van der Waals surface area contributed by atoms with Gasteiger partial charge in [0.05, 0.1) is 16.4 Å². The second-order valence-electron chi connectivity index (χ2n) is 11.1. The zero-order valence-electron chi connectivity index (χ0n) is 24.5. The number of aromatic nitrogens is 3. The largest absolute Gasteiger partial charge is 0.396 e. The number of H-pyrrole nitrogens is 1. The lowest BCUT2D eigenvalue weighted by Gasteiger charge is -2.22. The summed E-state index contributed by atoms with van der Waals surface area (Å²) in [5.74, 6) is -0.647. The number of aromatic amines is 1. The van der Waals surface area contributed by atoms with E-state index in [2.05, 4.69) is 20.6 Å². The molecule has 0 amide bonds. The van der Waals surface area contributed by atoms with E-state index in [1.807, 2.05) is 38.1 Å². The molecule has 2 heterocycles. The number of hydrogen-bond donors (Lipinski definition) is 7. The highest BCUT2D eigenvalue weighted by Crippen LogP contribution is 2.31. The van der Waals surface area contributed by atoms with E-state index in [9.17, 15) is 9.90 Å². The molecule has 0 unspecified atom stereocenters. The maximum atomic E-state index is 15.1. The van der Waals surface area contributed by atoms with Crippen LogP contribution in [0.3, 0.4) is 0 Å². The Balaban J connectivity index is 1.48. The Kier molecular flexibility index (Phi) is 10.9. The van der Waals surface area contributed by atoms with Crippen LogP contribution < -0.4 is 27.8 Å². The summed E-state index contributed by atoms with van der Waals surface area (Å²) in [4.78, 5) is 20.2. The van der Waals surface area contributed by atoms with Crippen LogP contribution in [0.25, 0.3) is 28.0 Å². The first-order valence-corrected chi connectivity index (χ1v) is 14.8. The molecule has 3 atom stereocenters. The van der Waals surface area contributed by atoms with Gasteiger partial charge >= 0.3 is 5.69 Å². The van der Waals surface area contributed by atoms with Crippen LogP contribution >= 0.6 is 11.6 Å². The smallest absolute Gasteiger partial charge is 0.354 e. The number of nitrogens with two attached hydrogens (primary N) is 2. The van der Waals surface area contributed by atoms with Crippen molar-refractivity contribution in [1.29, 1.82) is 5.41 Å². The van der Waals surface area contributed by atoms with Gasteiger partial charge in [-0.25, -0.2) is 9.18 Å². The Hall–Kier alpha value is -3.77. The second-order valence-corrected chi connectivity index (χ2v) is 11.5. The number of nitrogens with zero attached hydrogens (tertiary/aromatic N) is 2. The van der Waals surface area contributed by atoms with E-state index in [-0.39, 0.29) is 35.7 Å². The van der Waals surface area contributed by atoms with E-state index in [0.29, 0.717) is 47.4 Å². The van der Waals surface area contributed by atoms with Crippen molar-refractivity contribution >= 4 is 28.6 Å². The summed E-state index contributed by atoms with van der Waals surface area (Å²) in [7, 11) is 0. The molecule has 43 heavy (non-hydrogen) atoms. The summed E-state index contributed by atoms with van der Waals surface area (Å²) in [5.41, 5.74) is 14.6. The lowest BCUT2D eigenvalue weighted by Crippen LogP contribution is -2.43. The molecule has 12 heteroatoms. The maximum Gasteiger partial charge on any atom is 0.354 e. The SMILES string of the molecule is C[C@H](N)CCCc1cc(Cl)c(F)c(-c2cc3cn(-c4ccc(CN[C@H](C)C[C@@H](CCO)NC(=N)N)cc4)c(=O)nc3[nH]2)c1. The molecule has 0 saturated heterocycles. The van der Waals surface area contributed by atoms with Gasteiger partial charge in [-0.2, -0.15) is 4.98 Å². The quantitative estimate of drug-likeness (QED) is 0.0837. The fraction of sp³-hybridized carbons (Fsp3) is 0.387. The van der Waals surface area contributed by atoms with E-state index in [0.717, 1.165) is 30.4 Å². The number of halogens is 2. The number of aliphatic hydroxyl groups excluding tert-OH is 1. The molecule has 0 bridgehead atoms. The van der Waals surface area contributed by atoms with Crippen LogP contribution in [-0.4, -0.2) is 50.3 Å². The first-order valence-electron chi connectivity index (χ1n) is 14.4. The molecule has 0 radical (unpaired) electrons. The first kappa shape index (κ1) is 32.2. The van der Waals surface area contributed by atoms with Crippen LogP contribution in [0.1, 0.15) is 50.7 Å². The Bertz CT molecular complexity index is 1600. The summed E-state index contributed by atoms with van der Waals surface area (Å²) in [6, 6.07) is 12.9. The highest BCUT2D eigenvalue weighted by molar-refractivity contribution is 6.31. The fourth-order valence-electron chi connectivity index (χ4n) is 5.14. The number of nitrogens with one attached hydrogen (secondary N) is 4. The number of benzene rings is 2. The lowest BCUT2D eigenvalue weighted by atomic mass is 10.0. The normalized spacial score (nSPS) is 13.6. The first-order chi connectivity index (χ1) is 20.5. The third-order valence-corrected chi connectivity index (χ3v) is 7.63. The average molecular weight is 611 g/mol. The van der Waals surface area contributed by atoms with Crippen LogP contribution in [-0.2, 0) is 13.0 Å². The fourth-order valence-corrected chi connectivity index (χ4v) is 5.38. The monoisotopic (exact) mass is 610 g/mol. The van der Waals surface area contributed by atoms with Crippen LogP contribution in [0, 0.1) is 11.2 Å². The van der Waals surface area contributed by atoms with E-state index < -0.39 is 11.5 Å². The molecule has 230 valence electrons. The zero-order valence-corrected chi connectivity index (χ0v) is 25.2. The average Bonchev–Trinajstić information content (AvgIpc) is 3.35. The van der Waals surface area contributed by atoms with Gasteiger partial charge in [-0.3, -0.25) is 9.98 Å². The van der Waals surface area contributed by atoms with Gasteiger partial charge in [0.15, 0.2) is 11.8 Å². The third kappa shape index (κ3) is 8.64. The molecule has 10 nitrogen and oxygen atoms in total. The standard InChI is InChI=1S/C31H40ClFN8O2/c1-18(34)4-3-5-21-13-25(28(33)26(32)14-21)27-15-22-17-41(31(43)40-29(22)39-27)24-8-6-20(7-9-24)16-37-19(2)12-23(10-11-42)38-30(35)36/h6-9,13-15,17-19,23,37,42H,3-5,10-12,16,34H2,1-2H3,(H4,35,36,38)(H,39,40,43)/t18-,19+,23+/m0/s1. The van der Waals surface area contributed by atoms with E-state index >= 15 is 4.39 Å². The van der Waals surface area contributed by atoms with E-state index in [1.54, 1.807) is 24.4 Å². The van der Waals surface area contributed by atoms with Crippen molar-refractivity contribution < 1.29 is 9.50 Å². The van der Waals surface area contributed by atoms with Gasteiger partial charge in [0.25, 0.3) is 0 Å². The van der Waals surface area contributed by atoms with E-state index in [1.165, 1.54) is 4.57 Å². The molecule has 4 aromatic rings. The number of hydrogen-bond acceptors (Lipinski definition) is 6. The second kappa shape index (κ2) is 14.6. The molecule has 0 aliphatic rings. The topological polar surface area (TPSA) is 171 Å². The molecule has 2 aromatic carbocycles. The number of rotatable bonds is 14. The number of fused-ring (bicyclic) bond motifs is 1. The van der Waals surface area contributed by atoms with Crippen molar-refractivity contribution in [1.82, 2.24) is 25.2 Å². The van der Waals surface area contributed by atoms with Crippen molar-refractivity contribution in [3.63, 3.8) is 0 Å². The summed E-state index contributed by atoms with van der Waals surface area (Å²) >= 11 is 6.23. The van der Waals surface area contributed by atoms with Gasteiger partial charge in [0.1, 0.15) is 5.65 Å². The van der Waals surface area contributed by atoms with Crippen molar-refractivity contribution in [3.8, 4) is 16.9 Å². The Morgan fingerprint density at radius 3 is 2.60 bits per heavy atom. The molecule has 9 N–H and O–H groups in total. The van der Waals surface area contributed by atoms with Crippen molar-refractivity contribution in [3.05, 3.63) is 81.1 Å². The van der Waals surface area contributed by atoms with Gasteiger partial charge in [0.2, 0.25) is 0 Å². The number of guanidine groups is 1. The third-order valence-electron chi connectivity index (χ3n) is 7.36. The van der Waals surface area contributed by atoms with Crippen molar-refractivity contribution in [2.24, 2.45) is 11.5 Å². The summed E-state index contributed by atoms with van der Waals surface area (Å²) in [5, 5.41) is 23.7. The maximum absolute atomic E-state index is 15.1. The van der Waals surface area contributed by atoms with Crippen molar-refractivity contribution in [2.75, 3.05) is 6.61 Å². The van der Waals surface area contributed by atoms with Crippen LogP contribution in [0.2, 0.25) is 5.02 Å². The summed E-state index contributed by atoms with van der Waals surface area (Å²) in [6.07, 6.45) is 5.32. The lowest BCUT2D eigenvalue weighted by molar-refractivity contribution is 0.262. The molecule has 4 rings (SSSR count). The molecule has 2 aromatic heterocycles. The Morgan fingerprint density at radius 1 is 1.19 bits per heavy atom. The summed E-state index contributed by atoms with van der Waals surface area (Å²) in [6.45, 7) is 4.60. The molecule has 0 spiro atoms. The molecular formula is C31H40ClFN8O2. The minimum atomic E-state index is -0.531. The van der Waals surface area contributed by atoms with Gasteiger partial charge in [-0.15, -0.1) is 0 Å². The molecular weight excluding hydrogens is 571 g/mol. The van der Waals surface area contributed by atoms with Crippen LogP contribution in [0.15, 0.2) is 53.5 Å². The van der Waals surface area contributed by atoms with Crippen molar-refractivity contribution in [2.45, 2.75) is 70.6 Å². The highest BCUT2D eigenvalue weighted by Gasteiger charge is 2.16. The van der Waals surface area contributed by atoms with Gasteiger partial charge < -0.3 is 32.2 Å². The Labute approximate surface area is 255 Å². The molecule has 0 saturated carbocycles. The minimum Gasteiger partial charge on any atom is -0.396 e. The zero-order chi connectivity index (χ0) is 31.1. The van der Waals surface area contributed by atoms with Crippen LogP contribution in [0.5, 0.6) is 0 Å². The summed E-state index contributed by atoms with van der Waals surface area (Å²) < 4.78 is 16.5. The molecule has 0 fully saturated rings.